The van der Waals surface area contributed by atoms with E-state index in [0.29, 0.717) is 28.3 Å². The standard InChI is InChI=1S/C20H20ClN5O3/c1-2-26(11-17-22-16-10-6-4-8-14(16)19(28)23-17)12-18(27)24-25-20(29)13-7-3-5-9-15(13)21/h3-10H,2,11-12H2,1H3,(H,24,27)(H,25,29)(H,22,23,28). The molecule has 1 heterocycles. The zero-order valence-electron chi connectivity index (χ0n) is 15.7. The predicted octanol–water partition coefficient (Wildman–Crippen LogP) is 1.86. The van der Waals surface area contributed by atoms with E-state index in [1.165, 1.54) is 0 Å². The fraction of sp³-hybridized carbons (Fsp3) is 0.200. The fourth-order valence-electron chi connectivity index (χ4n) is 2.78. The van der Waals surface area contributed by atoms with E-state index >= 15 is 0 Å². The summed E-state index contributed by atoms with van der Waals surface area (Å²) in [5.41, 5.74) is 5.35. The average molecular weight is 414 g/mol. The number of benzene rings is 2. The van der Waals surface area contributed by atoms with E-state index in [2.05, 4.69) is 20.8 Å². The number of hydrogen-bond acceptors (Lipinski definition) is 5. The fourth-order valence-corrected chi connectivity index (χ4v) is 3.00. The molecule has 0 saturated heterocycles. The number of hydrazine groups is 1. The lowest BCUT2D eigenvalue weighted by atomic mass is 10.2. The van der Waals surface area contributed by atoms with Crippen LogP contribution in [-0.2, 0) is 11.3 Å². The highest BCUT2D eigenvalue weighted by Gasteiger charge is 2.14. The largest absolute Gasteiger partial charge is 0.309 e. The number of nitrogens with one attached hydrogen (secondary N) is 3. The molecule has 2 aromatic carbocycles. The van der Waals surface area contributed by atoms with Gasteiger partial charge in [0.05, 0.1) is 34.6 Å². The number of H-pyrrole nitrogens is 1. The molecule has 0 fully saturated rings. The number of carbonyl (C=O) groups is 2. The number of nitrogens with zero attached hydrogens (tertiary/aromatic N) is 2. The first-order valence-corrected chi connectivity index (χ1v) is 9.39. The van der Waals surface area contributed by atoms with Crippen LogP contribution >= 0.6 is 11.6 Å². The number of hydrogen-bond donors (Lipinski definition) is 3. The summed E-state index contributed by atoms with van der Waals surface area (Å²) >= 11 is 5.97. The third-order valence-corrected chi connectivity index (χ3v) is 4.61. The minimum atomic E-state index is -0.507. The highest BCUT2D eigenvalue weighted by atomic mass is 35.5. The van der Waals surface area contributed by atoms with Crippen molar-refractivity contribution in [3.8, 4) is 0 Å². The summed E-state index contributed by atoms with van der Waals surface area (Å²) in [7, 11) is 0. The van der Waals surface area contributed by atoms with Gasteiger partial charge in [-0.05, 0) is 30.8 Å². The number of carbonyl (C=O) groups excluding carboxylic acids is 2. The van der Waals surface area contributed by atoms with Crippen molar-refractivity contribution in [3.63, 3.8) is 0 Å². The summed E-state index contributed by atoms with van der Waals surface area (Å²) in [5, 5.41) is 0.806. The first-order chi connectivity index (χ1) is 14.0. The maximum absolute atomic E-state index is 12.2. The van der Waals surface area contributed by atoms with Gasteiger partial charge in [0.1, 0.15) is 5.82 Å². The van der Waals surface area contributed by atoms with Crippen molar-refractivity contribution < 1.29 is 9.59 Å². The highest BCUT2D eigenvalue weighted by Crippen LogP contribution is 2.14. The molecular formula is C20H20ClN5O3. The van der Waals surface area contributed by atoms with Gasteiger partial charge >= 0.3 is 0 Å². The quantitative estimate of drug-likeness (QED) is 0.535. The second-order valence-electron chi connectivity index (χ2n) is 6.32. The van der Waals surface area contributed by atoms with Crippen molar-refractivity contribution in [1.29, 1.82) is 0 Å². The van der Waals surface area contributed by atoms with Gasteiger partial charge in [-0.25, -0.2) is 4.98 Å². The van der Waals surface area contributed by atoms with Gasteiger partial charge in [-0.3, -0.25) is 30.1 Å². The van der Waals surface area contributed by atoms with E-state index in [1.807, 2.05) is 13.0 Å². The van der Waals surface area contributed by atoms with E-state index in [-0.39, 0.29) is 24.2 Å². The van der Waals surface area contributed by atoms with E-state index in [9.17, 15) is 14.4 Å². The molecule has 29 heavy (non-hydrogen) atoms. The maximum Gasteiger partial charge on any atom is 0.271 e. The Morgan fingerprint density at radius 1 is 1.10 bits per heavy atom. The Kier molecular flexibility index (Phi) is 6.58. The minimum Gasteiger partial charge on any atom is -0.309 e. The molecule has 0 aliphatic heterocycles. The molecule has 2 amide bonds. The summed E-state index contributed by atoms with van der Waals surface area (Å²) in [6.45, 7) is 2.72. The molecule has 8 nitrogen and oxygen atoms in total. The number of likely N-dealkylation sites (N-methyl/N-ethyl adjacent to an activating group) is 1. The van der Waals surface area contributed by atoms with Gasteiger partial charge < -0.3 is 4.98 Å². The van der Waals surface area contributed by atoms with Crippen LogP contribution in [0.2, 0.25) is 5.02 Å². The van der Waals surface area contributed by atoms with Crippen molar-refractivity contribution in [2.24, 2.45) is 0 Å². The molecule has 150 valence electrons. The molecular weight excluding hydrogens is 394 g/mol. The van der Waals surface area contributed by atoms with Crippen molar-refractivity contribution in [3.05, 3.63) is 75.3 Å². The van der Waals surface area contributed by atoms with Crippen molar-refractivity contribution in [2.75, 3.05) is 13.1 Å². The molecule has 3 aromatic rings. The Morgan fingerprint density at radius 2 is 1.83 bits per heavy atom. The molecule has 3 N–H and O–H groups in total. The smallest absolute Gasteiger partial charge is 0.271 e. The minimum absolute atomic E-state index is 0.00976. The van der Waals surface area contributed by atoms with E-state index in [0.717, 1.165) is 0 Å². The van der Waals surface area contributed by atoms with Crippen LogP contribution < -0.4 is 16.4 Å². The zero-order chi connectivity index (χ0) is 20.8. The van der Waals surface area contributed by atoms with E-state index < -0.39 is 11.8 Å². The molecule has 0 aliphatic carbocycles. The number of aromatic amines is 1. The Morgan fingerprint density at radius 3 is 2.59 bits per heavy atom. The lowest BCUT2D eigenvalue weighted by molar-refractivity contribution is -0.123. The average Bonchev–Trinajstić information content (AvgIpc) is 2.72. The van der Waals surface area contributed by atoms with Crippen LogP contribution in [0.4, 0.5) is 0 Å². The molecule has 9 heteroatoms. The number of halogens is 1. The molecule has 1 aromatic heterocycles. The van der Waals surface area contributed by atoms with Crippen LogP contribution in [0, 0.1) is 0 Å². The maximum atomic E-state index is 12.2. The van der Waals surface area contributed by atoms with Gasteiger partial charge in [-0.15, -0.1) is 0 Å². The predicted molar refractivity (Wildman–Crippen MR) is 110 cm³/mol. The number of para-hydroxylation sites is 1. The summed E-state index contributed by atoms with van der Waals surface area (Å²) in [6.07, 6.45) is 0. The van der Waals surface area contributed by atoms with Gasteiger partial charge in [-0.2, -0.15) is 0 Å². The Labute approximate surface area is 171 Å². The number of amides is 2. The first kappa shape index (κ1) is 20.5. The molecule has 0 unspecified atom stereocenters. The highest BCUT2D eigenvalue weighted by molar-refractivity contribution is 6.33. The molecule has 0 bridgehead atoms. The van der Waals surface area contributed by atoms with Crippen molar-refractivity contribution >= 4 is 34.3 Å². The summed E-state index contributed by atoms with van der Waals surface area (Å²) in [5.74, 6) is -0.452. The van der Waals surface area contributed by atoms with Crippen LogP contribution in [0.15, 0.2) is 53.3 Å². The molecule has 0 saturated carbocycles. The monoisotopic (exact) mass is 413 g/mol. The summed E-state index contributed by atoms with van der Waals surface area (Å²) in [6, 6.07) is 13.6. The number of fused-ring (bicyclic) bond motifs is 1. The lowest BCUT2D eigenvalue weighted by Gasteiger charge is -2.19. The first-order valence-electron chi connectivity index (χ1n) is 9.02. The van der Waals surface area contributed by atoms with Gasteiger partial charge in [-0.1, -0.05) is 42.8 Å². The second-order valence-corrected chi connectivity index (χ2v) is 6.72. The number of aromatic nitrogens is 2. The van der Waals surface area contributed by atoms with Crippen LogP contribution in [-0.4, -0.2) is 39.8 Å². The molecule has 0 spiro atoms. The Bertz CT molecular complexity index is 1100. The Hall–Kier alpha value is -3.23. The summed E-state index contributed by atoms with van der Waals surface area (Å²) < 4.78 is 0. The van der Waals surface area contributed by atoms with E-state index in [1.54, 1.807) is 47.4 Å². The van der Waals surface area contributed by atoms with Gasteiger partial charge in [0.15, 0.2) is 0 Å². The molecule has 0 radical (unpaired) electrons. The summed E-state index contributed by atoms with van der Waals surface area (Å²) in [4.78, 5) is 45.5. The third kappa shape index (κ3) is 5.18. The lowest BCUT2D eigenvalue weighted by Crippen LogP contribution is -2.46. The SMILES string of the molecule is CCN(CC(=O)NNC(=O)c1ccccc1Cl)Cc1nc2ccccc2c(=O)[nH]1. The molecule has 0 aliphatic rings. The van der Waals surface area contributed by atoms with Crippen LogP contribution in [0.25, 0.3) is 10.9 Å². The normalized spacial score (nSPS) is 10.9. The van der Waals surface area contributed by atoms with Crippen LogP contribution in [0.5, 0.6) is 0 Å². The van der Waals surface area contributed by atoms with Crippen molar-refractivity contribution in [1.82, 2.24) is 25.7 Å². The van der Waals surface area contributed by atoms with Gasteiger partial charge in [0.2, 0.25) is 0 Å². The van der Waals surface area contributed by atoms with Crippen LogP contribution in [0.3, 0.4) is 0 Å². The van der Waals surface area contributed by atoms with Crippen molar-refractivity contribution in [2.45, 2.75) is 13.5 Å². The zero-order valence-corrected chi connectivity index (χ0v) is 16.5. The second kappa shape index (κ2) is 9.31. The van der Waals surface area contributed by atoms with Crippen LogP contribution in [0.1, 0.15) is 23.1 Å². The third-order valence-electron chi connectivity index (χ3n) is 4.28. The topological polar surface area (TPSA) is 107 Å². The van der Waals surface area contributed by atoms with Gasteiger partial charge in [0, 0.05) is 0 Å². The molecule has 0 atom stereocenters. The number of rotatable bonds is 6. The van der Waals surface area contributed by atoms with E-state index in [4.69, 9.17) is 11.6 Å². The molecule has 3 rings (SSSR count). The Balaban J connectivity index is 1.60. The van der Waals surface area contributed by atoms with Gasteiger partial charge in [0.25, 0.3) is 17.4 Å².